The molecule has 140 valence electrons. The van der Waals surface area contributed by atoms with E-state index in [0.29, 0.717) is 31.1 Å². The number of aromatic nitrogens is 2. The highest BCUT2D eigenvalue weighted by Crippen LogP contribution is 2.33. The zero-order chi connectivity index (χ0) is 18.8. The summed E-state index contributed by atoms with van der Waals surface area (Å²) in [4.78, 5) is 32.0. The van der Waals surface area contributed by atoms with Crippen molar-refractivity contribution in [2.75, 3.05) is 18.1 Å². The van der Waals surface area contributed by atoms with Crippen LogP contribution in [0, 0.1) is 5.92 Å². The maximum atomic E-state index is 12.6. The maximum absolute atomic E-state index is 12.6. The number of amides is 2. The highest BCUT2D eigenvalue weighted by atomic mass is 32.1. The molecule has 1 aromatic carbocycles. The molecule has 2 aromatic heterocycles. The Morgan fingerprint density at radius 2 is 2.26 bits per heavy atom. The van der Waals surface area contributed by atoms with Crippen LogP contribution in [0.5, 0.6) is 5.75 Å². The minimum atomic E-state index is -0.379. The molecule has 0 radical (unpaired) electrons. The van der Waals surface area contributed by atoms with E-state index in [-0.39, 0.29) is 24.2 Å². The Morgan fingerprint density at radius 1 is 1.41 bits per heavy atom. The second-order valence-electron chi connectivity index (χ2n) is 6.35. The molecule has 1 aliphatic heterocycles. The zero-order valence-corrected chi connectivity index (χ0v) is 15.7. The second kappa shape index (κ2) is 7.40. The number of carbonyl (C=O) groups excluding carboxylic acids is 2. The number of hydrogen-bond donors (Lipinski definition) is 1. The van der Waals surface area contributed by atoms with Gasteiger partial charge >= 0.3 is 0 Å². The van der Waals surface area contributed by atoms with Crippen molar-refractivity contribution in [3.8, 4) is 5.75 Å². The molecule has 27 heavy (non-hydrogen) atoms. The molecule has 1 fully saturated rings. The van der Waals surface area contributed by atoms with E-state index in [1.807, 2.05) is 53.4 Å². The quantitative estimate of drug-likeness (QED) is 0.708. The summed E-state index contributed by atoms with van der Waals surface area (Å²) < 4.78 is 7.54. The van der Waals surface area contributed by atoms with E-state index in [1.54, 1.807) is 16.2 Å². The van der Waals surface area contributed by atoms with Crippen molar-refractivity contribution in [2.45, 2.75) is 19.9 Å². The molecule has 4 rings (SSSR count). The Morgan fingerprint density at radius 3 is 3.07 bits per heavy atom. The monoisotopic (exact) mass is 384 g/mol. The highest BCUT2D eigenvalue weighted by molar-refractivity contribution is 7.15. The Labute approximate surface area is 160 Å². The predicted molar refractivity (Wildman–Crippen MR) is 103 cm³/mol. The third-order valence-corrected chi connectivity index (χ3v) is 5.31. The van der Waals surface area contributed by atoms with Crippen molar-refractivity contribution in [1.29, 1.82) is 0 Å². The first-order chi connectivity index (χ1) is 13.2. The van der Waals surface area contributed by atoms with Crippen molar-refractivity contribution in [3.05, 3.63) is 47.7 Å². The van der Waals surface area contributed by atoms with Gasteiger partial charge in [0.2, 0.25) is 11.8 Å². The van der Waals surface area contributed by atoms with Gasteiger partial charge in [0.15, 0.2) is 4.96 Å². The molecule has 0 bridgehead atoms. The number of rotatable bonds is 6. The number of ether oxygens (including phenoxy) is 1. The van der Waals surface area contributed by atoms with E-state index in [4.69, 9.17) is 4.74 Å². The van der Waals surface area contributed by atoms with Crippen LogP contribution >= 0.6 is 11.3 Å². The van der Waals surface area contributed by atoms with Crippen molar-refractivity contribution >= 4 is 33.8 Å². The number of nitrogens with zero attached hydrogens (tertiary/aromatic N) is 3. The normalized spacial score (nSPS) is 16.9. The lowest BCUT2D eigenvalue weighted by Crippen LogP contribution is -2.32. The predicted octanol–water partition coefficient (Wildman–Crippen LogP) is 2.46. The minimum absolute atomic E-state index is 0.0650. The highest BCUT2D eigenvalue weighted by Gasteiger charge is 2.36. The fraction of sp³-hybridized carbons (Fsp3) is 0.316. The van der Waals surface area contributed by atoms with Crippen LogP contribution in [0.1, 0.15) is 19.0 Å². The molecule has 0 aliphatic carbocycles. The molecule has 3 aromatic rings. The van der Waals surface area contributed by atoms with Crippen LogP contribution in [0.2, 0.25) is 0 Å². The summed E-state index contributed by atoms with van der Waals surface area (Å²) in [5.74, 6) is 0.0873. The van der Waals surface area contributed by atoms with Gasteiger partial charge in [0.25, 0.3) is 0 Å². The number of imidazole rings is 1. The number of fused-ring (bicyclic) bond motifs is 1. The summed E-state index contributed by atoms with van der Waals surface area (Å²) in [7, 11) is 0. The van der Waals surface area contributed by atoms with E-state index in [1.165, 1.54) is 0 Å². The van der Waals surface area contributed by atoms with Crippen LogP contribution in [0.3, 0.4) is 0 Å². The van der Waals surface area contributed by atoms with Gasteiger partial charge in [-0.25, -0.2) is 4.98 Å². The number of nitrogens with one attached hydrogen (secondary N) is 1. The van der Waals surface area contributed by atoms with E-state index >= 15 is 0 Å². The molecule has 1 N–H and O–H groups in total. The van der Waals surface area contributed by atoms with Gasteiger partial charge in [-0.2, -0.15) is 0 Å². The lowest BCUT2D eigenvalue weighted by atomic mass is 10.1. The molecule has 2 amide bonds. The molecule has 0 spiro atoms. The smallest absolute Gasteiger partial charge is 0.227 e. The van der Waals surface area contributed by atoms with Gasteiger partial charge in [-0.05, 0) is 19.1 Å². The van der Waals surface area contributed by atoms with Crippen molar-refractivity contribution in [3.63, 3.8) is 0 Å². The molecular formula is C19H20N4O3S. The fourth-order valence-corrected chi connectivity index (χ4v) is 3.98. The molecule has 3 heterocycles. The molecule has 8 heteroatoms. The van der Waals surface area contributed by atoms with E-state index in [0.717, 1.165) is 10.7 Å². The van der Waals surface area contributed by atoms with Crippen LogP contribution < -0.4 is 15.0 Å². The number of benzene rings is 1. The van der Waals surface area contributed by atoms with Crippen molar-refractivity contribution in [2.24, 2.45) is 5.92 Å². The number of hydrogen-bond acceptors (Lipinski definition) is 5. The van der Waals surface area contributed by atoms with Crippen LogP contribution in [0.15, 0.2) is 42.0 Å². The summed E-state index contributed by atoms with van der Waals surface area (Å²) in [5, 5.41) is 4.87. The first-order valence-electron chi connectivity index (χ1n) is 8.86. The van der Waals surface area contributed by atoms with Crippen LogP contribution in [-0.2, 0) is 16.1 Å². The molecule has 1 aliphatic rings. The van der Waals surface area contributed by atoms with Gasteiger partial charge in [0.1, 0.15) is 5.75 Å². The third-order valence-electron chi connectivity index (χ3n) is 4.54. The summed E-state index contributed by atoms with van der Waals surface area (Å²) in [5.41, 5.74) is 1.52. The molecule has 1 unspecified atom stereocenters. The molecule has 7 nitrogen and oxygen atoms in total. The summed E-state index contributed by atoms with van der Waals surface area (Å²) >= 11 is 1.55. The zero-order valence-electron chi connectivity index (χ0n) is 14.9. The Kier molecular flexibility index (Phi) is 4.81. The maximum Gasteiger partial charge on any atom is 0.227 e. The lowest BCUT2D eigenvalue weighted by molar-refractivity contribution is -0.126. The van der Waals surface area contributed by atoms with Gasteiger partial charge in [0, 0.05) is 30.7 Å². The van der Waals surface area contributed by atoms with Gasteiger partial charge in [-0.15, -0.1) is 11.3 Å². The van der Waals surface area contributed by atoms with Crippen molar-refractivity contribution < 1.29 is 14.3 Å². The largest absolute Gasteiger partial charge is 0.492 e. The van der Waals surface area contributed by atoms with Gasteiger partial charge < -0.3 is 15.0 Å². The van der Waals surface area contributed by atoms with Crippen LogP contribution in [-0.4, -0.2) is 34.4 Å². The third kappa shape index (κ3) is 3.52. The topological polar surface area (TPSA) is 75.9 Å². The van der Waals surface area contributed by atoms with Gasteiger partial charge in [0.05, 0.1) is 30.5 Å². The van der Waals surface area contributed by atoms with Crippen LogP contribution in [0.4, 0.5) is 5.69 Å². The average molecular weight is 384 g/mol. The van der Waals surface area contributed by atoms with Gasteiger partial charge in [-0.1, -0.05) is 12.1 Å². The Bertz CT molecular complexity index is 952. The Balaban J connectivity index is 1.41. The van der Waals surface area contributed by atoms with Crippen LogP contribution in [0.25, 0.3) is 4.96 Å². The number of thiazole rings is 1. The van der Waals surface area contributed by atoms with Crippen molar-refractivity contribution in [1.82, 2.24) is 14.7 Å². The van der Waals surface area contributed by atoms with E-state index in [9.17, 15) is 9.59 Å². The number of anilines is 1. The molecule has 0 saturated carbocycles. The van der Waals surface area contributed by atoms with E-state index < -0.39 is 0 Å². The first-order valence-corrected chi connectivity index (χ1v) is 9.74. The molecule has 1 saturated heterocycles. The van der Waals surface area contributed by atoms with E-state index in [2.05, 4.69) is 10.3 Å². The number of carbonyl (C=O) groups is 2. The fourth-order valence-electron chi connectivity index (χ4n) is 3.26. The Hall–Kier alpha value is -2.87. The van der Waals surface area contributed by atoms with Gasteiger partial charge in [-0.3, -0.25) is 14.0 Å². The lowest BCUT2D eigenvalue weighted by Gasteiger charge is -2.20. The molecular weight excluding hydrogens is 364 g/mol. The minimum Gasteiger partial charge on any atom is -0.492 e. The summed E-state index contributed by atoms with van der Waals surface area (Å²) in [6.45, 7) is 3.13. The summed E-state index contributed by atoms with van der Waals surface area (Å²) in [6.07, 6.45) is 4.03. The molecule has 1 atom stereocenters. The first kappa shape index (κ1) is 17.5. The number of para-hydroxylation sites is 2. The average Bonchev–Trinajstić information content (AvgIpc) is 3.35. The second-order valence-corrected chi connectivity index (χ2v) is 7.22. The summed E-state index contributed by atoms with van der Waals surface area (Å²) in [6, 6.07) is 7.42. The SMILES string of the molecule is CCOc1ccccc1N1CC(C(=O)NCc2cn3ccsc3n2)CC1=O. The standard InChI is InChI=1S/C19H20N4O3S/c1-2-26-16-6-4-3-5-15(16)23-11-13(9-17(23)24)18(25)20-10-14-12-22-7-8-27-19(22)21-14/h3-8,12-13H,2,9-11H2,1H3,(H,20,25).